The Kier molecular flexibility index (Phi) is 5.59. The third kappa shape index (κ3) is 4.67. The fourth-order valence-corrected chi connectivity index (χ4v) is 2.36. The van der Waals surface area contributed by atoms with Gasteiger partial charge in [0.25, 0.3) is 5.91 Å². The lowest BCUT2D eigenvalue weighted by Gasteiger charge is -2.01. The van der Waals surface area contributed by atoms with Crippen LogP contribution in [0.5, 0.6) is 5.75 Å². The summed E-state index contributed by atoms with van der Waals surface area (Å²) in [5.74, 6) is -0.440. The van der Waals surface area contributed by atoms with E-state index in [2.05, 4.69) is 31.0 Å². The van der Waals surface area contributed by atoms with E-state index in [1.165, 1.54) is 17.8 Å². The number of hydrazone groups is 1. The highest BCUT2D eigenvalue weighted by Crippen LogP contribution is 2.25. The molecule has 3 N–H and O–H groups in total. The molecular formula is C20H20N6O2. The summed E-state index contributed by atoms with van der Waals surface area (Å²) in [5, 5.41) is 28.8. The highest BCUT2D eigenvalue weighted by molar-refractivity contribution is 5.93. The number of phenolic OH excluding ortho intramolecular Hbond substituents is 1. The first kappa shape index (κ1) is 19.0. The smallest absolute Gasteiger partial charge is 0.291 e. The number of benzene rings is 2. The molecule has 0 aliphatic heterocycles. The van der Waals surface area contributed by atoms with E-state index < -0.39 is 5.91 Å². The molecule has 0 saturated carbocycles. The predicted molar refractivity (Wildman–Crippen MR) is 107 cm³/mol. The van der Waals surface area contributed by atoms with Gasteiger partial charge in [-0.25, -0.2) is 5.43 Å². The van der Waals surface area contributed by atoms with Crippen LogP contribution in [0.4, 0.5) is 11.4 Å². The zero-order valence-electron chi connectivity index (χ0n) is 15.8. The standard InChI is InChI=1S/C20H20N6O2/c1-12-4-5-16(8-13(12)2)23-24-17-6-7-19(27)15(10-17)11-21-26-20(28)18-9-14(3)22-25-18/h4-11,27H,1-3H3,(H,22,25)(H,26,28). The highest BCUT2D eigenvalue weighted by Gasteiger charge is 2.07. The molecule has 0 spiro atoms. The second-order valence-electron chi connectivity index (χ2n) is 6.35. The van der Waals surface area contributed by atoms with E-state index in [9.17, 15) is 9.90 Å². The first-order valence-electron chi connectivity index (χ1n) is 8.60. The van der Waals surface area contributed by atoms with E-state index >= 15 is 0 Å². The average molecular weight is 376 g/mol. The Labute approximate surface area is 162 Å². The molecule has 3 aromatic rings. The van der Waals surface area contributed by atoms with Gasteiger partial charge in [0.15, 0.2) is 5.69 Å². The molecule has 0 fully saturated rings. The minimum absolute atomic E-state index is 0.0127. The molecule has 1 heterocycles. The van der Waals surface area contributed by atoms with Crippen molar-refractivity contribution in [2.45, 2.75) is 20.8 Å². The van der Waals surface area contributed by atoms with Crippen LogP contribution in [0.1, 0.15) is 32.9 Å². The number of rotatable bonds is 5. The lowest BCUT2D eigenvalue weighted by molar-refractivity contribution is 0.0950. The number of nitrogens with zero attached hydrogens (tertiary/aromatic N) is 4. The molecule has 0 radical (unpaired) electrons. The maximum absolute atomic E-state index is 11.9. The summed E-state index contributed by atoms with van der Waals surface area (Å²) in [6, 6.07) is 12.2. The first-order chi connectivity index (χ1) is 13.4. The topological polar surface area (TPSA) is 115 Å². The van der Waals surface area contributed by atoms with Crippen molar-refractivity contribution in [3.8, 4) is 5.75 Å². The number of carbonyl (C=O) groups excluding carboxylic acids is 1. The van der Waals surface area contributed by atoms with Gasteiger partial charge in [-0.05, 0) is 68.3 Å². The summed E-state index contributed by atoms with van der Waals surface area (Å²) < 4.78 is 0. The molecular weight excluding hydrogens is 356 g/mol. The Morgan fingerprint density at radius 1 is 1.04 bits per heavy atom. The lowest BCUT2D eigenvalue weighted by atomic mass is 10.1. The van der Waals surface area contributed by atoms with Gasteiger partial charge in [0.2, 0.25) is 0 Å². The number of aromatic hydroxyl groups is 1. The largest absolute Gasteiger partial charge is 0.507 e. The van der Waals surface area contributed by atoms with Crippen molar-refractivity contribution in [1.29, 1.82) is 0 Å². The number of hydrogen-bond acceptors (Lipinski definition) is 6. The van der Waals surface area contributed by atoms with E-state index in [0.29, 0.717) is 11.3 Å². The lowest BCUT2D eigenvalue weighted by Crippen LogP contribution is -2.18. The van der Waals surface area contributed by atoms with E-state index in [-0.39, 0.29) is 11.4 Å². The molecule has 2 aromatic carbocycles. The number of carbonyl (C=O) groups is 1. The first-order valence-corrected chi connectivity index (χ1v) is 8.60. The number of amides is 1. The molecule has 0 aliphatic carbocycles. The maximum atomic E-state index is 11.9. The summed E-state index contributed by atoms with van der Waals surface area (Å²) in [5.41, 5.74) is 7.38. The Balaban J connectivity index is 1.71. The van der Waals surface area contributed by atoms with Crippen LogP contribution in [0.25, 0.3) is 0 Å². The second-order valence-corrected chi connectivity index (χ2v) is 6.35. The summed E-state index contributed by atoms with van der Waals surface area (Å²) >= 11 is 0. The molecule has 1 amide bonds. The van der Waals surface area contributed by atoms with Crippen LogP contribution in [0.2, 0.25) is 0 Å². The van der Waals surface area contributed by atoms with Crippen molar-refractivity contribution in [2.75, 3.05) is 0 Å². The third-order valence-corrected chi connectivity index (χ3v) is 4.09. The van der Waals surface area contributed by atoms with E-state index in [0.717, 1.165) is 16.9 Å². The molecule has 0 atom stereocenters. The Hall–Kier alpha value is -3.81. The maximum Gasteiger partial charge on any atom is 0.291 e. The number of aryl methyl sites for hydroxylation is 3. The Morgan fingerprint density at radius 2 is 1.75 bits per heavy atom. The van der Waals surface area contributed by atoms with Gasteiger partial charge in [0.1, 0.15) is 5.75 Å². The number of aromatic amines is 1. The van der Waals surface area contributed by atoms with E-state index in [1.54, 1.807) is 25.1 Å². The molecule has 0 saturated heterocycles. The molecule has 3 rings (SSSR count). The van der Waals surface area contributed by atoms with Crippen LogP contribution in [0, 0.1) is 20.8 Å². The number of hydrogen-bond donors (Lipinski definition) is 3. The monoisotopic (exact) mass is 376 g/mol. The average Bonchev–Trinajstić information content (AvgIpc) is 3.11. The van der Waals surface area contributed by atoms with Crippen LogP contribution in [0.15, 0.2) is 57.8 Å². The zero-order chi connectivity index (χ0) is 20.1. The zero-order valence-corrected chi connectivity index (χ0v) is 15.8. The van der Waals surface area contributed by atoms with Crippen LogP contribution >= 0.6 is 0 Å². The molecule has 0 bridgehead atoms. The van der Waals surface area contributed by atoms with Crippen molar-refractivity contribution in [1.82, 2.24) is 15.6 Å². The minimum Gasteiger partial charge on any atom is -0.507 e. The Morgan fingerprint density at radius 3 is 2.43 bits per heavy atom. The van der Waals surface area contributed by atoms with Crippen molar-refractivity contribution in [2.24, 2.45) is 15.3 Å². The number of phenols is 1. The summed E-state index contributed by atoms with van der Waals surface area (Å²) in [4.78, 5) is 11.9. The quantitative estimate of drug-likeness (QED) is 0.352. The van der Waals surface area contributed by atoms with Crippen LogP contribution in [-0.4, -0.2) is 27.4 Å². The summed E-state index contributed by atoms with van der Waals surface area (Å²) in [6.45, 7) is 5.85. The minimum atomic E-state index is -0.453. The molecule has 0 aliphatic rings. The normalized spacial score (nSPS) is 11.4. The SMILES string of the molecule is Cc1cc(C(=O)NN=Cc2cc(N=Nc3ccc(C)c(C)c3)ccc2O)n[nH]1. The van der Waals surface area contributed by atoms with Gasteiger partial charge in [0.05, 0.1) is 17.6 Å². The third-order valence-electron chi connectivity index (χ3n) is 4.09. The van der Waals surface area contributed by atoms with Gasteiger partial charge in [-0.2, -0.15) is 20.4 Å². The molecule has 8 heteroatoms. The van der Waals surface area contributed by atoms with Gasteiger partial charge in [-0.15, -0.1) is 0 Å². The summed E-state index contributed by atoms with van der Waals surface area (Å²) in [7, 11) is 0. The fourth-order valence-electron chi connectivity index (χ4n) is 2.36. The number of nitrogens with one attached hydrogen (secondary N) is 2. The second kappa shape index (κ2) is 8.26. The number of aromatic nitrogens is 2. The van der Waals surface area contributed by atoms with E-state index in [1.807, 2.05) is 32.0 Å². The molecule has 8 nitrogen and oxygen atoms in total. The van der Waals surface area contributed by atoms with Gasteiger partial charge in [-0.1, -0.05) is 6.07 Å². The van der Waals surface area contributed by atoms with Crippen molar-refractivity contribution in [3.63, 3.8) is 0 Å². The van der Waals surface area contributed by atoms with Gasteiger partial charge in [-0.3, -0.25) is 9.89 Å². The van der Waals surface area contributed by atoms with Crippen LogP contribution < -0.4 is 5.43 Å². The highest BCUT2D eigenvalue weighted by atomic mass is 16.3. The van der Waals surface area contributed by atoms with Crippen LogP contribution in [0.3, 0.4) is 0 Å². The molecule has 0 unspecified atom stereocenters. The molecule has 28 heavy (non-hydrogen) atoms. The van der Waals surface area contributed by atoms with Crippen LogP contribution in [-0.2, 0) is 0 Å². The van der Waals surface area contributed by atoms with Gasteiger partial charge in [0, 0.05) is 11.3 Å². The van der Waals surface area contributed by atoms with Gasteiger partial charge >= 0.3 is 0 Å². The van der Waals surface area contributed by atoms with Crippen molar-refractivity contribution < 1.29 is 9.90 Å². The summed E-state index contributed by atoms with van der Waals surface area (Å²) in [6.07, 6.45) is 1.34. The molecule has 1 aromatic heterocycles. The van der Waals surface area contributed by atoms with Crippen molar-refractivity contribution >= 4 is 23.5 Å². The van der Waals surface area contributed by atoms with Crippen molar-refractivity contribution in [3.05, 3.63) is 70.5 Å². The fraction of sp³-hybridized carbons (Fsp3) is 0.150. The van der Waals surface area contributed by atoms with E-state index in [4.69, 9.17) is 0 Å². The number of H-pyrrole nitrogens is 1. The molecule has 142 valence electrons. The predicted octanol–water partition coefficient (Wildman–Crippen LogP) is 4.22. The Bertz CT molecular complexity index is 1070. The van der Waals surface area contributed by atoms with Gasteiger partial charge < -0.3 is 5.11 Å². The number of azo groups is 1.